The molecular formula is C11H22N2O3. The summed E-state index contributed by atoms with van der Waals surface area (Å²) in [6.07, 6.45) is 2.62. The molecule has 5 heteroatoms. The van der Waals surface area contributed by atoms with Crippen molar-refractivity contribution in [3.8, 4) is 0 Å². The predicted molar refractivity (Wildman–Crippen MR) is 61.2 cm³/mol. The van der Waals surface area contributed by atoms with Gasteiger partial charge in [0, 0.05) is 32.4 Å². The number of nitrogens with one attached hydrogen (secondary N) is 2. The van der Waals surface area contributed by atoms with Gasteiger partial charge in [0.1, 0.15) is 0 Å². The fourth-order valence-electron chi connectivity index (χ4n) is 1.87. The van der Waals surface area contributed by atoms with Gasteiger partial charge in [-0.05, 0) is 32.1 Å². The van der Waals surface area contributed by atoms with Crippen LogP contribution in [-0.2, 0) is 4.74 Å². The van der Waals surface area contributed by atoms with Crippen LogP contribution in [0.25, 0.3) is 0 Å². The summed E-state index contributed by atoms with van der Waals surface area (Å²) in [5.41, 5.74) is 0. The molecule has 0 spiro atoms. The van der Waals surface area contributed by atoms with Crippen molar-refractivity contribution in [1.29, 1.82) is 0 Å². The third-order valence-corrected chi connectivity index (χ3v) is 2.95. The summed E-state index contributed by atoms with van der Waals surface area (Å²) in [6, 6.07) is 0.0328. The highest BCUT2D eigenvalue weighted by Gasteiger charge is 2.21. The standard InChI is InChI=1S/C11H22N2O3/c1-9(10-3-7-16-8-4-10)13-11(15)12-5-2-6-14/h9-10,14H,2-8H2,1H3,(H2,12,13,15). The number of rotatable bonds is 5. The minimum absolute atomic E-state index is 0.107. The summed E-state index contributed by atoms with van der Waals surface area (Å²) in [5.74, 6) is 0.511. The number of carbonyl (C=O) groups excluding carboxylic acids is 1. The number of amides is 2. The largest absolute Gasteiger partial charge is 0.396 e. The van der Waals surface area contributed by atoms with E-state index in [9.17, 15) is 4.79 Å². The Hall–Kier alpha value is -0.810. The molecule has 0 aromatic heterocycles. The van der Waals surface area contributed by atoms with Gasteiger partial charge in [-0.2, -0.15) is 0 Å². The maximum absolute atomic E-state index is 11.4. The molecule has 0 aromatic rings. The minimum Gasteiger partial charge on any atom is -0.396 e. The number of hydrogen-bond acceptors (Lipinski definition) is 3. The number of aliphatic hydroxyl groups excluding tert-OH is 1. The number of aliphatic hydroxyl groups is 1. The molecule has 2 amide bonds. The van der Waals surface area contributed by atoms with Crippen LogP contribution in [0.3, 0.4) is 0 Å². The van der Waals surface area contributed by atoms with Crippen LogP contribution in [0.15, 0.2) is 0 Å². The van der Waals surface area contributed by atoms with Gasteiger partial charge in [0.15, 0.2) is 0 Å². The molecule has 0 radical (unpaired) electrons. The first kappa shape index (κ1) is 13.3. The van der Waals surface area contributed by atoms with E-state index in [1.165, 1.54) is 0 Å². The average molecular weight is 230 g/mol. The zero-order valence-electron chi connectivity index (χ0n) is 9.87. The summed E-state index contributed by atoms with van der Waals surface area (Å²) < 4.78 is 5.28. The topological polar surface area (TPSA) is 70.6 Å². The Labute approximate surface area is 96.6 Å². The van der Waals surface area contributed by atoms with Crippen molar-refractivity contribution >= 4 is 6.03 Å². The summed E-state index contributed by atoms with van der Waals surface area (Å²) >= 11 is 0. The average Bonchev–Trinajstić information content (AvgIpc) is 2.30. The van der Waals surface area contributed by atoms with Gasteiger partial charge < -0.3 is 20.5 Å². The maximum Gasteiger partial charge on any atom is 0.315 e. The molecule has 1 fully saturated rings. The monoisotopic (exact) mass is 230 g/mol. The molecule has 1 aliphatic heterocycles. The van der Waals surface area contributed by atoms with Gasteiger partial charge in [-0.15, -0.1) is 0 Å². The number of hydrogen-bond donors (Lipinski definition) is 3. The number of urea groups is 1. The van der Waals surface area contributed by atoms with Crippen LogP contribution in [0, 0.1) is 5.92 Å². The second-order valence-corrected chi connectivity index (χ2v) is 4.22. The normalized spacial score (nSPS) is 19.1. The lowest BCUT2D eigenvalue weighted by molar-refractivity contribution is 0.0571. The molecule has 94 valence electrons. The zero-order valence-corrected chi connectivity index (χ0v) is 9.87. The van der Waals surface area contributed by atoms with Gasteiger partial charge in [0.05, 0.1) is 0 Å². The van der Waals surface area contributed by atoms with Crippen LogP contribution < -0.4 is 10.6 Å². The second-order valence-electron chi connectivity index (χ2n) is 4.22. The highest BCUT2D eigenvalue weighted by molar-refractivity contribution is 5.74. The highest BCUT2D eigenvalue weighted by Crippen LogP contribution is 2.18. The molecule has 0 bridgehead atoms. The summed E-state index contributed by atoms with van der Waals surface area (Å²) in [5, 5.41) is 14.2. The van der Waals surface area contributed by atoms with Crippen molar-refractivity contribution in [3.63, 3.8) is 0 Å². The van der Waals surface area contributed by atoms with Crippen molar-refractivity contribution in [2.45, 2.75) is 32.2 Å². The van der Waals surface area contributed by atoms with Crippen LogP contribution in [0.2, 0.25) is 0 Å². The van der Waals surface area contributed by atoms with E-state index in [1.807, 2.05) is 6.92 Å². The first-order chi connectivity index (χ1) is 7.74. The molecule has 1 rings (SSSR count). The third kappa shape index (κ3) is 4.81. The summed E-state index contributed by atoms with van der Waals surface area (Å²) in [7, 11) is 0. The fourth-order valence-corrected chi connectivity index (χ4v) is 1.87. The molecule has 16 heavy (non-hydrogen) atoms. The quantitative estimate of drug-likeness (QED) is 0.602. The molecule has 0 saturated carbocycles. The third-order valence-electron chi connectivity index (χ3n) is 2.95. The van der Waals surface area contributed by atoms with Crippen LogP contribution in [0.1, 0.15) is 26.2 Å². The first-order valence-electron chi connectivity index (χ1n) is 5.97. The minimum atomic E-state index is -0.146. The van der Waals surface area contributed by atoms with E-state index in [-0.39, 0.29) is 18.7 Å². The lowest BCUT2D eigenvalue weighted by Crippen LogP contribution is -2.45. The Morgan fingerprint density at radius 3 is 2.81 bits per heavy atom. The Kier molecular flexibility index (Phi) is 6.18. The Morgan fingerprint density at radius 1 is 1.50 bits per heavy atom. The summed E-state index contributed by atoms with van der Waals surface area (Å²) in [4.78, 5) is 11.4. The Bertz CT molecular complexity index is 205. The van der Waals surface area contributed by atoms with E-state index in [1.54, 1.807) is 0 Å². The van der Waals surface area contributed by atoms with Crippen molar-refractivity contribution in [2.75, 3.05) is 26.4 Å². The molecule has 0 aliphatic carbocycles. The van der Waals surface area contributed by atoms with Crippen LogP contribution in [0.4, 0.5) is 4.79 Å². The van der Waals surface area contributed by atoms with Gasteiger partial charge in [-0.1, -0.05) is 0 Å². The zero-order chi connectivity index (χ0) is 11.8. The van der Waals surface area contributed by atoms with Crippen molar-refractivity contribution in [2.24, 2.45) is 5.92 Å². The van der Waals surface area contributed by atoms with E-state index >= 15 is 0 Å². The molecule has 1 unspecified atom stereocenters. The molecule has 1 saturated heterocycles. The van der Waals surface area contributed by atoms with Gasteiger partial charge in [-0.25, -0.2) is 4.79 Å². The molecule has 5 nitrogen and oxygen atoms in total. The maximum atomic E-state index is 11.4. The van der Waals surface area contributed by atoms with E-state index in [0.29, 0.717) is 18.9 Å². The molecule has 0 aromatic carbocycles. The van der Waals surface area contributed by atoms with Crippen molar-refractivity contribution in [1.82, 2.24) is 10.6 Å². The molecule has 1 aliphatic rings. The lowest BCUT2D eigenvalue weighted by Gasteiger charge is -2.28. The molecule has 1 atom stereocenters. The van der Waals surface area contributed by atoms with Gasteiger partial charge in [-0.3, -0.25) is 0 Å². The van der Waals surface area contributed by atoms with Crippen LogP contribution >= 0.6 is 0 Å². The van der Waals surface area contributed by atoms with Crippen LogP contribution in [0.5, 0.6) is 0 Å². The second kappa shape index (κ2) is 7.46. The fraction of sp³-hybridized carbons (Fsp3) is 0.909. The lowest BCUT2D eigenvalue weighted by atomic mass is 9.93. The van der Waals surface area contributed by atoms with Crippen molar-refractivity contribution in [3.05, 3.63) is 0 Å². The predicted octanol–water partition coefficient (Wildman–Crippen LogP) is 0.483. The van der Waals surface area contributed by atoms with Gasteiger partial charge >= 0.3 is 6.03 Å². The Morgan fingerprint density at radius 2 is 2.19 bits per heavy atom. The molecule has 3 N–H and O–H groups in total. The number of ether oxygens (including phenoxy) is 1. The molecular weight excluding hydrogens is 208 g/mol. The SMILES string of the molecule is CC(NC(=O)NCCCO)C1CCOCC1. The number of carbonyl (C=O) groups is 1. The van der Waals surface area contributed by atoms with Crippen molar-refractivity contribution < 1.29 is 14.6 Å². The van der Waals surface area contributed by atoms with E-state index < -0.39 is 0 Å². The van der Waals surface area contributed by atoms with Gasteiger partial charge in [0.2, 0.25) is 0 Å². The Balaban J connectivity index is 2.16. The van der Waals surface area contributed by atoms with Crippen LogP contribution in [-0.4, -0.2) is 43.5 Å². The van der Waals surface area contributed by atoms with E-state index in [2.05, 4.69) is 10.6 Å². The van der Waals surface area contributed by atoms with Gasteiger partial charge in [0.25, 0.3) is 0 Å². The van der Waals surface area contributed by atoms with E-state index in [4.69, 9.17) is 9.84 Å². The molecule has 1 heterocycles. The summed E-state index contributed by atoms with van der Waals surface area (Å²) in [6.45, 7) is 4.24. The highest BCUT2D eigenvalue weighted by atomic mass is 16.5. The van der Waals surface area contributed by atoms with E-state index in [0.717, 1.165) is 26.1 Å². The smallest absolute Gasteiger partial charge is 0.315 e. The first-order valence-corrected chi connectivity index (χ1v) is 5.97.